The summed E-state index contributed by atoms with van der Waals surface area (Å²) in [5.41, 5.74) is 3.57. The number of para-hydroxylation sites is 1. The summed E-state index contributed by atoms with van der Waals surface area (Å²) in [7, 11) is 7.26. The van der Waals surface area contributed by atoms with Crippen LogP contribution >= 0.6 is 0 Å². The van der Waals surface area contributed by atoms with E-state index in [1.807, 2.05) is 72.2 Å². The lowest BCUT2D eigenvalue weighted by molar-refractivity contribution is 0.0679. The van der Waals surface area contributed by atoms with Crippen molar-refractivity contribution in [2.45, 2.75) is 26.3 Å². The van der Waals surface area contributed by atoms with Gasteiger partial charge in [0.05, 0.1) is 31.6 Å². The predicted molar refractivity (Wildman–Crippen MR) is 132 cm³/mol. The Kier molecular flexibility index (Phi) is 8.11. The van der Waals surface area contributed by atoms with Gasteiger partial charge >= 0.3 is 0 Å². The second kappa shape index (κ2) is 11.0. The van der Waals surface area contributed by atoms with Crippen molar-refractivity contribution in [2.24, 2.45) is 0 Å². The van der Waals surface area contributed by atoms with Crippen LogP contribution in [0, 0.1) is 0 Å². The molecule has 3 aromatic rings. The molecule has 0 spiro atoms. The SMILES string of the molecule is COCCN(Cc1c(C(C)C)nn(-c2ccccc2)c1N(C)C)C(=O)c1cccc(OC)c1. The molecule has 0 fully saturated rings. The van der Waals surface area contributed by atoms with Gasteiger partial charge in [0.2, 0.25) is 0 Å². The third-order valence-electron chi connectivity index (χ3n) is 5.48. The standard InChI is InChI=1S/C26H34N4O3/c1-19(2)24-23(25(28(3)4)30(27-24)21-12-8-7-9-13-21)18-29(15-16-32-5)26(31)20-11-10-14-22(17-20)33-6/h7-14,17,19H,15-16,18H2,1-6H3. The van der Waals surface area contributed by atoms with Gasteiger partial charge in [0.15, 0.2) is 0 Å². The number of rotatable bonds is 10. The molecule has 0 saturated carbocycles. The van der Waals surface area contributed by atoms with Crippen molar-refractivity contribution in [1.29, 1.82) is 0 Å². The molecule has 1 heterocycles. The first-order valence-electron chi connectivity index (χ1n) is 11.1. The van der Waals surface area contributed by atoms with E-state index in [1.165, 1.54) is 0 Å². The third kappa shape index (κ3) is 5.54. The minimum absolute atomic E-state index is 0.0715. The van der Waals surface area contributed by atoms with Crippen LogP contribution in [0.1, 0.15) is 41.4 Å². The van der Waals surface area contributed by atoms with Gasteiger partial charge in [0.1, 0.15) is 11.6 Å². The van der Waals surface area contributed by atoms with E-state index in [0.717, 1.165) is 22.8 Å². The molecule has 33 heavy (non-hydrogen) atoms. The van der Waals surface area contributed by atoms with Gasteiger partial charge in [0, 0.05) is 38.9 Å². The highest BCUT2D eigenvalue weighted by Crippen LogP contribution is 2.32. The van der Waals surface area contributed by atoms with E-state index >= 15 is 0 Å². The van der Waals surface area contributed by atoms with Crippen molar-refractivity contribution in [2.75, 3.05) is 46.4 Å². The number of benzene rings is 2. The molecule has 0 aliphatic rings. The Labute approximate surface area is 196 Å². The second-order valence-corrected chi connectivity index (χ2v) is 8.44. The largest absolute Gasteiger partial charge is 0.497 e. The maximum atomic E-state index is 13.5. The van der Waals surface area contributed by atoms with Gasteiger partial charge in [-0.15, -0.1) is 0 Å². The molecule has 176 valence electrons. The number of aromatic nitrogens is 2. The molecule has 3 rings (SSSR count). The first kappa shape index (κ1) is 24.3. The van der Waals surface area contributed by atoms with E-state index in [-0.39, 0.29) is 11.8 Å². The topological polar surface area (TPSA) is 59.8 Å². The molecule has 0 unspecified atom stereocenters. The average Bonchev–Trinajstić information content (AvgIpc) is 3.21. The summed E-state index contributed by atoms with van der Waals surface area (Å²) in [5.74, 6) is 1.74. The maximum absolute atomic E-state index is 13.5. The Hall–Kier alpha value is -3.32. The van der Waals surface area contributed by atoms with Gasteiger partial charge in [-0.3, -0.25) is 4.79 Å². The minimum atomic E-state index is -0.0715. The van der Waals surface area contributed by atoms with Gasteiger partial charge in [-0.2, -0.15) is 5.10 Å². The number of methoxy groups -OCH3 is 2. The van der Waals surface area contributed by atoms with Crippen LogP contribution in [0.3, 0.4) is 0 Å². The van der Waals surface area contributed by atoms with Crippen LogP contribution in [0.4, 0.5) is 5.82 Å². The summed E-state index contributed by atoms with van der Waals surface area (Å²) in [4.78, 5) is 17.4. The first-order valence-corrected chi connectivity index (χ1v) is 11.1. The highest BCUT2D eigenvalue weighted by atomic mass is 16.5. The van der Waals surface area contributed by atoms with Crippen LogP contribution in [0.15, 0.2) is 54.6 Å². The molecule has 0 radical (unpaired) electrons. The van der Waals surface area contributed by atoms with Crippen LogP contribution in [0.25, 0.3) is 5.69 Å². The molecular formula is C26H34N4O3. The number of nitrogens with zero attached hydrogens (tertiary/aromatic N) is 4. The Balaban J connectivity index is 2.08. The summed E-state index contributed by atoms with van der Waals surface area (Å²) < 4.78 is 12.6. The van der Waals surface area contributed by atoms with E-state index in [9.17, 15) is 4.79 Å². The van der Waals surface area contributed by atoms with Crippen molar-refractivity contribution in [1.82, 2.24) is 14.7 Å². The molecule has 0 atom stereocenters. The quantitative estimate of drug-likeness (QED) is 0.459. The zero-order chi connectivity index (χ0) is 24.0. The van der Waals surface area contributed by atoms with Crippen molar-refractivity contribution in [3.8, 4) is 11.4 Å². The van der Waals surface area contributed by atoms with Crippen molar-refractivity contribution < 1.29 is 14.3 Å². The molecule has 2 aromatic carbocycles. The number of hydrogen-bond donors (Lipinski definition) is 0. The van der Waals surface area contributed by atoms with E-state index in [2.05, 4.69) is 18.7 Å². The zero-order valence-electron chi connectivity index (χ0n) is 20.4. The summed E-state index contributed by atoms with van der Waals surface area (Å²) >= 11 is 0. The second-order valence-electron chi connectivity index (χ2n) is 8.44. The highest BCUT2D eigenvalue weighted by molar-refractivity contribution is 5.94. The number of carbonyl (C=O) groups is 1. The number of carbonyl (C=O) groups excluding carboxylic acids is 1. The van der Waals surface area contributed by atoms with E-state index in [4.69, 9.17) is 14.6 Å². The molecule has 0 aliphatic carbocycles. The van der Waals surface area contributed by atoms with Gasteiger partial charge in [0.25, 0.3) is 5.91 Å². The first-order chi connectivity index (χ1) is 15.9. The molecule has 0 aliphatic heterocycles. The van der Waals surface area contributed by atoms with Gasteiger partial charge < -0.3 is 19.3 Å². The van der Waals surface area contributed by atoms with Gasteiger partial charge in [-0.25, -0.2) is 4.68 Å². The summed E-state index contributed by atoms with van der Waals surface area (Å²) in [6.45, 7) is 5.59. The van der Waals surface area contributed by atoms with E-state index in [1.54, 1.807) is 20.3 Å². The normalized spacial score (nSPS) is 11.0. The zero-order valence-corrected chi connectivity index (χ0v) is 20.4. The fourth-order valence-corrected chi connectivity index (χ4v) is 3.87. The summed E-state index contributed by atoms with van der Waals surface area (Å²) in [6.07, 6.45) is 0. The Morgan fingerprint density at radius 2 is 1.79 bits per heavy atom. The van der Waals surface area contributed by atoms with Crippen LogP contribution < -0.4 is 9.64 Å². The Morgan fingerprint density at radius 3 is 2.39 bits per heavy atom. The molecular weight excluding hydrogens is 416 g/mol. The number of anilines is 1. The van der Waals surface area contributed by atoms with Crippen molar-refractivity contribution in [3.63, 3.8) is 0 Å². The Morgan fingerprint density at radius 1 is 1.06 bits per heavy atom. The van der Waals surface area contributed by atoms with Gasteiger partial charge in [-0.1, -0.05) is 38.1 Å². The lowest BCUT2D eigenvalue weighted by atomic mass is 10.0. The predicted octanol–water partition coefficient (Wildman–Crippen LogP) is 4.36. The highest BCUT2D eigenvalue weighted by Gasteiger charge is 2.26. The minimum Gasteiger partial charge on any atom is -0.497 e. The van der Waals surface area contributed by atoms with Crippen LogP contribution in [0.5, 0.6) is 5.75 Å². The molecule has 0 saturated heterocycles. The molecule has 1 amide bonds. The van der Waals surface area contributed by atoms with Crippen molar-refractivity contribution >= 4 is 11.7 Å². The summed E-state index contributed by atoms with van der Waals surface area (Å²) in [6, 6.07) is 17.3. The van der Waals surface area contributed by atoms with E-state index in [0.29, 0.717) is 31.0 Å². The van der Waals surface area contributed by atoms with Crippen LogP contribution in [-0.4, -0.2) is 62.1 Å². The number of ether oxygens (including phenoxy) is 2. The Bertz CT molecular complexity index is 1060. The van der Waals surface area contributed by atoms with Crippen LogP contribution in [-0.2, 0) is 11.3 Å². The smallest absolute Gasteiger partial charge is 0.254 e. The molecule has 0 bridgehead atoms. The monoisotopic (exact) mass is 450 g/mol. The van der Waals surface area contributed by atoms with Crippen LogP contribution in [0.2, 0.25) is 0 Å². The fraction of sp³-hybridized carbons (Fsp3) is 0.385. The number of hydrogen-bond acceptors (Lipinski definition) is 5. The molecule has 0 N–H and O–H groups in total. The molecule has 1 aromatic heterocycles. The molecule has 7 heteroatoms. The average molecular weight is 451 g/mol. The maximum Gasteiger partial charge on any atom is 0.254 e. The lowest BCUT2D eigenvalue weighted by Gasteiger charge is -2.25. The fourth-order valence-electron chi connectivity index (χ4n) is 3.87. The van der Waals surface area contributed by atoms with Gasteiger partial charge in [-0.05, 0) is 36.2 Å². The summed E-state index contributed by atoms with van der Waals surface area (Å²) in [5, 5.41) is 4.98. The lowest BCUT2D eigenvalue weighted by Crippen LogP contribution is -2.34. The third-order valence-corrected chi connectivity index (χ3v) is 5.48. The molecule has 7 nitrogen and oxygen atoms in total. The van der Waals surface area contributed by atoms with E-state index < -0.39 is 0 Å². The van der Waals surface area contributed by atoms with Crippen molar-refractivity contribution in [3.05, 3.63) is 71.4 Å². The number of amides is 1.